The van der Waals surface area contributed by atoms with Crippen LogP contribution in [-0.2, 0) is 4.79 Å². The molecule has 0 aromatic heterocycles. The predicted octanol–water partition coefficient (Wildman–Crippen LogP) is 2.49. The van der Waals surface area contributed by atoms with Gasteiger partial charge < -0.3 is 30.6 Å². The zero-order valence-electron chi connectivity index (χ0n) is 22.9. The number of ketones is 1. The quantitative estimate of drug-likeness (QED) is 0.324. The molecule has 36 heavy (non-hydrogen) atoms. The lowest BCUT2D eigenvalue weighted by Crippen LogP contribution is -2.63. The highest BCUT2D eigenvalue weighted by atomic mass is 16.3. The van der Waals surface area contributed by atoms with Gasteiger partial charge in [0.05, 0.1) is 35.1 Å². The second kappa shape index (κ2) is 8.85. The fraction of sp³-hybridized carbons (Fsp3) is 0.897. The summed E-state index contributed by atoms with van der Waals surface area (Å²) >= 11 is 0. The molecular formula is C29H48O7. The van der Waals surface area contributed by atoms with Crippen LogP contribution in [0, 0.1) is 34.5 Å². The SMILES string of the molecule is CC[C@H](C[C@@H](O)[C@@](C)(O)[C@H]1CC[C@@]2(O)C3=CC(=O)[C@@H]4C[C@@H](O)[C@@H](O)C[C@]4(C)C3CC[C@]12C)C(C)(C)O. The van der Waals surface area contributed by atoms with Crippen LogP contribution < -0.4 is 0 Å². The Hall–Kier alpha value is -0.830. The monoisotopic (exact) mass is 508 g/mol. The van der Waals surface area contributed by atoms with E-state index in [1.165, 1.54) is 0 Å². The maximum atomic E-state index is 13.3. The number of carbonyl (C=O) groups excluding carboxylic acids is 1. The molecule has 0 saturated heterocycles. The Bertz CT molecular complexity index is 906. The van der Waals surface area contributed by atoms with E-state index in [9.17, 15) is 35.4 Å². The van der Waals surface area contributed by atoms with E-state index in [0.29, 0.717) is 44.1 Å². The van der Waals surface area contributed by atoms with Crippen LogP contribution in [-0.4, -0.2) is 71.5 Å². The molecule has 0 radical (unpaired) electrons. The summed E-state index contributed by atoms with van der Waals surface area (Å²) in [5.74, 6) is -1.16. The van der Waals surface area contributed by atoms with Gasteiger partial charge in [-0.15, -0.1) is 0 Å². The van der Waals surface area contributed by atoms with E-state index in [1.54, 1.807) is 26.8 Å². The van der Waals surface area contributed by atoms with Gasteiger partial charge in [0.1, 0.15) is 0 Å². The highest BCUT2D eigenvalue weighted by Crippen LogP contribution is 2.68. The highest BCUT2D eigenvalue weighted by molar-refractivity contribution is 5.95. The molecule has 0 aromatic carbocycles. The van der Waals surface area contributed by atoms with Gasteiger partial charge in [-0.2, -0.15) is 0 Å². The molecular weight excluding hydrogens is 460 g/mol. The molecule has 11 atom stereocenters. The molecule has 4 aliphatic rings. The van der Waals surface area contributed by atoms with Crippen LogP contribution in [0.5, 0.6) is 0 Å². The Labute approximate surface area is 215 Å². The van der Waals surface area contributed by atoms with Gasteiger partial charge in [-0.3, -0.25) is 4.79 Å². The van der Waals surface area contributed by atoms with Crippen LogP contribution in [0.1, 0.15) is 92.9 Å². The van der Waals surface area contributed by atoms with Crippen LogP contribution in [0.15, 0.2) is 11.6 Å². The topological polar surface area (TPSA) is 138 Å². The zero-order chi connectivity index (χ0) is 27.1. The van der Waals surface area contributed by atoms with Crippen molar-refractivity contribution in [1.82, 2.24) is 0 Å². The van der Waals surface area contributed by atoms with Crippen molar-refractivity contribution in [2.75, 3.05) is 0 Å². The number of allylic oxidation sites excluding steroid dienone is 1. The zero-order valence-corrected chi connectivity index (χ0v) is 22.9. The summed E-state index contributed by atoms with van der Waals surface area (Å²) in [4.78, 5) is 13.3. The molecule has 7 nitrogen and oxygen atoms in total. The van der Waals surface area contributed by atoms with Gasteiger partial charge in [-0.25, -0.2) is 0 Å². The molecule has 6 N–H and O–H groups in total. The molecule has 4 rings (SSSR count). The van der Waals surface area contributed by atoms with Gasteiger partial charge in [0.15, 0.2) is 5.78 Å². The van der Waals surface area contributed by atoms with Gasteiger partial charge in [-0.1, -0.05) is 27.2 Å². The van der Waals surface area contributed by atoms with Crippen LogP contribution in [0.2, 0.25) is 0 Å². The maximum Gasteiger partial charge on any atom is 0.159 e. The normalized spacial score (nSPS) is 46.2. The van der Waals surface area contributed by atoms with Gasteiger partial charge >= 0.3 is 0 Å². The van der Waals surface area contributed by atoms with E-state index in [4.69, 9.17) is 0 Å². The van der Waals surface area contributed by atoms with E-state index in [-0.39, 0.29) is 36.4 Å². The van der Waals surface area contributed by atoms with Crippen LogP contribution >= 0.6 is 0 Å². The minimum Gasteiger partial charge on any atom is -0.390 e. The molecule has 0 heterocycles. The Balaban J connectivity index is 1.66. The lowest BCUT2D eigenvalue weighted by Gasteiger charge is -2.60. The molecule has 0 aliphatic heterocycles. The molecule has 3 fully saturated rings. The van der Waals surface area contributed by atoms with E-state index in [2.05, 4.69) is 0 Å². The first kappa shape index (κ1) is 28.2. The van der Waals surface area contributed by atoms with Crippen molar-refractivity contribution in [3.05, 3.63) is 11.6 Å². The number of fused-ring (bicyclic) bond motifs is 5. The minimum absolute atomic E-state index is 0.0892. The van der Waals surface area contributed by atoms with Crippen molar-refractivity contribution < 1.29 is 35.4 Å². The second-order valence-corrected chi connectivity index (χ2v) is 13.8. The summed E-state index contributed by atoms with van der Waals surface area (Å²) in [5, 5.41) is 66.6. The molecule has 0 aromatic rings. The fourth-order valence-electron chi connectivity index (χ4n) is 9.00. The highest BCUT2D eigenvalue weighted by Gasteiger charge is 2.69. The number of hydrogen-bond donors (Lipinski definition) is 6. The van der Waals surface area contributed by atoms with E-state index in [0.717, 1.165) is 0 Å². The van der Waals surface area contributed by atoms with E-state index < -0.39 is 51.9 Å². The summed E-state index contributed by atoms with van der Waals surface area (Å²) in [6, 6.07) is 0. The molecule has 3 saturated carbocycles. The van der Waals surface area contributed by atoms with Crippen molar-refractivity contribution >= 4 is 5.78 Å². The molecule has 0 spiro atoms. The summed E-state index contributed by atoms with van der Waals surface area (Å²) in [6.07, 6.45) is 2.42. The van der Waals surface area contributed by atoms with Crippen molar-refractivity contribution in [2.45, 2.75) is 128 Å². The smallest absolute Gasteiger partial charge is 0.159 e. The van der Waals surface area contributed by atoms with Gasteiger partial charge in [0.2, 0.25) is 0 Å². The van der Waals surface area contributed by atoms with Crippen LogP contribution in [0.25, 0.3) is 0 Å². The second-order valence-electron chi connectivity index (χ2n) is 13.8. The summed E-state index contributed by atoms with van der Waals surface area (Å²) in [6.45, 7) is 11.1. The molecule has 1 unspecified atom stereocenters. The summed E-state index contributed by atoms with van der Waals surface area (Å²) < 4.78 is 0. The Morgan fingerprint density at radius 2 is 1.69 bits per heavy atom. The van der Waals surface area contributed by atoms with Crippen molar-refractivity contribution in [1.29, 1.82) is 0 Å². The number of hydrogen-bond acceptors (Lipinski definition) is 7. The van der Waals surface area contributed by atoms with Gasteiger partial charge in [0, 0.05) is 11.3 Å². The number of carbonyl (C=O) groups is 1. The fourth-order valence-corrected chi connectivity index (χ4v) is 9.00. The average Bonchev–Trinajstić information content (AvgIpc) is 3.05. The van der Waals surface area contributed by atoms with Crippen molar-refractivity contribution in [3.63, 3.8) is 0 Å². The van der Waals surface area contributed by atoms with E-state index in [1.807, 2.05) is 20.8 Å². The number of rotatable bonds is 6. The summed E-state index contributed by atoms with van der Waals surface area (Å²) in [7, 11) is 0. The Morgan fingerprint density at radius 3 is 2.28 bits per heavy atom. The number of aliphatic hydroxyl groups excluding tert-OH is 3. The lowest BCUT2D eigenvalue weighted by molar-refractivity contribution is -0.179. The summed E-state index contributed by atoms with van der Waals surface area (Å²) in [5.41, 5.74) is -4.34. The maximum absolute atomic E-state index is 13.3. The standard InChI is InChI=1S/C29H48O7/c1-7-16(25(2,3)34)12-24(33)28(6,35)23-9-11-29(36)18-13-20(30)19-14-21(31)22(32)15-26(19,4)17(18)8-10-27(23,29)5/h13,16-17,19,21-24,31-36H,7-12,14-15H2,1-6H3/t16-,17?,19+,21-,22+,23+,24-,26-,27-,28+,29-/m1/s1. The molecule has 7 heteroatoms. The van der Waals surface area contributed by atoms with Gasteiger partial charge in [0.25, 0.3) is 0 Å². The molecule has 0 amide bonds. The first-order valence-corrected chi connectivity index (χ1v) is 13.9. The Morgan fingerprint density at radius 1 is 1.06 bits per heavy atom. The number of aliphatic hydroxyl groups is 6. The lowest BCUT2D eigenvalue weighted by atomic mass is 9.45. The van der Waals surface area contributed by atoms with E-state index >= 15 is 0 Å². The Kier molecular flexibility index (Phi) is 6.93. The average molecular weight is 509 g/mol. The third-order valence-electron chi connectivity index (χ3n) is 11.5. The third kappa shape index (κ3) is 3.95. The van der Waals surface area contributed by atoms with Crippen molar-refractivity contribution in [3.8, 4) is 0 Å². The largest absolute Gasteiger partial charge is 0.390 e. The molecule has 206 valence electrons. The van der Waals surface area contributed by atoms with Crippen LogP contribution in [0.3, 0.4) is 0 Å². The first-order valence-electron chi connectivity index (χ1n) is 13.9. The van der Waals surface area contributed by atoms with Crippen molar-refractivity contribution in [2.24, 2.45) is 34.5 Å². The molecule has 4 aliphatic carbocycles. The third-order valence-corrected chi connectivity index (χ3v) is 11.5. The minimum atomic E-state index is -1.48. The van der Waals surface area contributed by atoms with Gasteiger partial charge in [-0.05, 0) is 101 Å². The predicted molar refractivity (Wildman–Crippen MR) is 136 cm³/mol. The van der Waals surface area contributed by atoms with Crippen LogP contribution in [0.4, 0.5) is 0 Å². The molecule has 0 bridgehead atoms. The first-order chi connectivity index (χ1) is 16.4.